The van der Waals surface area contributed by atoms with Crippen LogP contribution >= 0.6 is 0 Å². The topological polar surface area (TPSA) is 24.1 Å². The first kappa shape index (κ1) is 11.1. The molecule has 2 heteroatoms. The van der Waals surface area contributed by atoms with Crippen LogP contribution in [0.5, 0.6) is 0 Å². The van der Waals surface area contributed by atoms with Crippen LogP contribution in [0.3, 0.4) is 0 Å². The Morgan fingerprint density at radius 3 is 2.71 bits per heavy atom. The summed E-state index contributed by atoms with van der Waals surface area (Å²) in [5.74, 6) is 0. The Morgan fingerprint density at radius 2 is 1.82 bits per heavy atom. The molecular weight excluding hydrogens is 208 g/mol. The minimum Gasteiger partial charge on any atom is -0.383 e. The molecule has 0 saturated heterocycles. The molecule has 0 radical (unpaired) electrons. The normalized spacial score (nSPS) is 25.1. The van der Waals surface area contributed by atoms with Crippen molar-refractivity contribution in [3.63, 3.8) is 0 Å². The average molecular weight is 230 g/mol. The molecule has 2 nitrogen and oxygen atoms in total. The number of hydrogen-bond acceptors (Lipinski definition) is 2. The van der Waals surface area contributed by atoms with Crippen LogP contribution in [-0.4, -0.2) is 18.6 Å². The first-order valence-corrected chi connectivity index (χ1v) is 6.99. The van der Waals surface area contributed by atoms with Gasteiger partial charge in [0.25, 0.3) is 0 Å². The molecule has 1 aliphatic heterocycles. The van der Waals surface area contributed by atoms with E-state index in [0.717, 1.165) is 12.6 Å². The molecule has 1 saturated carbocycles. The van der Waals surface area contributed by atoms with Gasteiger partial charge in [0.15, 0.2) is 0 Å². The van der Waals surface area contributed by atoms with Crippen molar-refractivity contribution in [2.75, 3.05) is 11.9 Å². The van der Waals surface area contributed by atoms with Crippen LogP contribution in [0, 0.1) is 0 Å². The van der Waals surface area contributed by atoms with Gasteiger partial charge in [-0.1, -0.05) is 37.5 Å². The Kier molecular flexibility index (Phi) is 3.32. The zero-order chi connectivity index (χ0) is 11.5. The summed E-state index contributed by atoms with van der Waals surface area (Å²) in [6, 6.07) is 10.1. The predicted molar refractivity (Wildman–Crippen MR) is 72.4 cm³/mol. The Bertz CT molecular complexity index is 369. The lowest BCUT2D eigenvalue weighted by molar-refractivity contribution is 0.337. The number of para-hydroxylation sites is 1. The third-order valence-corrected chi connectivity index (χ3v) is 4.10. The van der Waals surface area contributed by atoms with Crippen LogP contribution in [-0.2, 0) is 6.42 Å². The highest BCUT2D eigenvalue weighted by atomic mass is 15.0. The first-order valence-electron chi connectivity index (χ1n) is 6.99. The van der Waals surface area contributed by atoms with Crippen LogP contribution in [0.2, 0.25) is 0 Å². The van der Waals surface area contributed by atoms with Gasteiger partial charge < -0.3 is 10.6 Å². The molecule has 17 heavy (non-hydrogen) atoms. The summed E-state index contributed by atoms with van der Waals surface area (Å²) >= 11 is 0. The Balaban J connectivity index is 1.60. The highest BCUT2D eigenvalue weighted by molar-refractivity contribution is 5.53. The molecular formula is C15H22N2. The number of nitrogens with one attached hydrogen (secondary N) is 2. The van der Waals surface area contributed by atoms with E-state index in [-0.39, 0.29) is 0 Å². The van der Waals surface area contributed by atoms with Crippen molar-refractivity contribution in [2.45, 2.75) is 50.6 Å². The lowest BCUT2D eigenvalue weighted by Gasteiger charge is -2.32. The monoisotopic (exact) mass is 230 g/mol. The maximum Gasteiger partial charge on any atom is 0.0373 e. The van der Waals surface area contributed by atoms with Gasteiger partial charge in [-0.15, -0.1) is 0 Å². The number of fused-ring (bicyclic) bond motifs is 1. The molecule has 1 heterocycles. The van der Waals surface area contributed by atoms with E-state index in [0.29, 0.717) is 6.04 Å². The molecule has 0 bridgehead atoms. The Morgan fingerprint density at radius 1 is 1.00 bits per heavy atom. The fraction of sp³-hybridized carbons (Fsp3) is 0.600. The largest absolute Gasteiger partial charge is 0.383 e. The van der Waals surface area contributed by atoms with Crippen molar-refractivity contribution in [1.82, 2.24) is 5.32 Å². The van der Waals surface area contributed by atoms with E-state index in [1.54, 1.807) is 0 Å². The van der Waals surface area contributed by atoms with Crippen LogP contribution < -0.4 is 10.6 Å². The van der Waals surface area contributed by atoms with Gasteiger partial charge in [-0.3, -0.25) is 0 Å². The van der Waals surface area contributed by atoms with Crippen LogP contribution in [0.25, 0.3) is 0 Å². The van der Waals surface area contributed by atoms with Gasteiger partial charge in [-0.25, -0.2) is 0 Å². The highest BCUT2D eigenvalue weighted by Crippen LogP contribution is 2.23. The summed E-state index contributed by atoms with van der Waals surface area (Å²) in [6.07, 6.45) is 8.18. The molecule has 1 aromatic carbocycles. The van der Waals surface area contributed by atoms with E-state index in [9.17, 15) is 0 Å². The summed E-state index contributed by atoms with van der Waals surface area (Å²) in [5, 5.41) is 7.38. The minimum absolute atomic E-state index is 0.619. The van der Waals surface area contributed by atoms with E-state index >= 15 is 0 Å². The molecule has 2 N–H and O–H groups in total. The molecule has 1 atom stereocenters. The molecule has 1 fully saturated rings. The lowest BCUT2D eigenvalue weighted by atomic mass is 9.93. The predicted octanol–water partition coefficient (Wildman–Crippen LogP) is 2.95. The quantitative estimate of drug-likeness (QED) is 0.816. The molecule has 2 aliphatic rings. The van der Waals surface area contributed by atoms with Crippen molar-refractivity contribution in [3.05, 3.63) is 29.8 Å². The van der Waals surface area contributed by atoms with Gasteiger partial charge >= 0.3 is 0 Å². The minimum atomic E-state index is 0.619. The van der Waals surface area contributed by atoms with Gasteiger partial charge in [0.1, 0.15) is 0 Å². The Labute approximate surface area is 104 Å². The van der Waals surface area contributed by atoms with E-state index in [2.05, 4.69) is 34.9 Å². The SMILES string of the molecule is c1ccc2c(c1)CC(NC1CCCCC1)CN2. The van der Waals surface area contributed by atoms with E-state index < -0.39 is 0 Å². The summed E-state index contributed by atoms with van der Waals surface area (Å²) < 4.78 is 0. The van der Waals surface area contributed by atoms with Gasteiger partial charge in [-0.05, 0) is 30.9 Å². The number of hydrogen-bond donors (Lipinski definition) is 2. The van der Waals surface area contributed by atoms with Crippen LogP contribution in [0.4, 0.5) is 5.69 Å². The zero-order valence-electron chi connectivity index (χ0n) is 10.4. The number of rotatable bonds is 2. The van der Waals surface area contributed by atoms with Gasteiger partial charge in [0.2, 0.25) is 0 Å². The first-order chi connectivity index (χ1) is 8.42. The van der Waals surface area contributed by atoms with E-state index in [4.69, 9.17) is 0 Å². The molecule has 0 spiro atoms. The maximum absolute atomic E-state index is 3.84. The second-order valence-electron chi connectivity index (χ2n) is 5.44. The van der Waals surface area contributed by atoms with E-state index in [1.165, 1.54) is 49.8 Å². The van der Waals surface area contributed by atoms with Crippen LogP contribution in [0.15, 0.2) is 24.3 Å². The summed E-state index contributed by atoms with van der Waals surface area (Å²) in [6.45, 7) is 1.08. The third-order valence-electron chi connectivity index (χ3n) is 4.10. The van der Waals surface area contributed by atoms with Gasteiger partial charge in [0, 0.05) is 24.3 Å². The fourth-order valence-corrected chi connectivity index (χ4v) is 3.16. The van der Waals surface area contributed by atoms with Crippen LogP contribution in [0.1, 0.15) is 37.7 Å². The molecule has 0 aromatic heterocycles. The zero-order valence-corrected chi connectivity index (χ0v) is 10.4. The maximum atomic E-state index is 3.84. The van der Waals surface area contributed by atoms with Crippen molar-refractivity contribution in [3.8, 4) is 0 Å². The van der Waals surface area contributed by atoms with Crippen molar-refractivity contribution < 1.29 is 0 Å². The standard InChI is InChI=1S/C15H22N2/c1-2-7-13(8-3-1)17-14-10-12-6-4-5-9-15(12)16-11-14/h4-6,9,13-14,16-17H,1-3,7-8,10-11H2. The van der Waals surface area contributed by atoms with Crippen molar-refractivity contribution >= 4 is 5.69 Å². The lowest BCUT2D eigenvalue weighted by Crippen LogP contribution is -2.46. The summed E-state index contributed by atoms with van der Waals surface area (Å²) in [4.78, 5) is 0. The highest BCUT2D eigenvalue weighted by Gasteiger charge is 2.21. The summed E-state index contributed by atoms with van der Waals surface area (Å²) in [5.41, 5.74) is 2.79. The fourth-order valence-electron chi connectivity index (χ4n) is 3.16. The van der Waals surface area contributed by atoms with Crippen molar-refractivity contribution in [1.29, 1.82) is 0 Å². The molecule has 1 aliphatic carbocycles. The second-order valence-corrected chi connectivity index (χ2v) is 5.44. The molecule has 3 rings (SSSR count). The molecule has 1 unspecified atom stereocenters. The third kappa shape index (κ3) is 2.63. The smallest absolute Gasteiger partial charge is 0.0373 e. The van der Waals surface area contributed by atoms with Crippen molar-refractivity contribution in [2.24, 2.45) is 0 Å². The van der Waals surface area contributed by atoms with Gasteiger partial charge in [-0.2, -0.15) is 0 Å². The van der Waals surface area contributed by atoms with Gasteiger partial charge in [0.05, 0.1) is 0 Å². The molecule has 92 valence electrons. The average Bonchev–Trinajstić information content (AvgIpc) is 2.40. The number of anilines is 1. The summed E-state index contributed by atoms with van der Waals surface area (Å²) in [7, 11) is 0. The van der Waals surface area contributed by atoms with E-state index in [1.807, 2.05) is 0 Å². The molecule has 0 amide bonds. The molecule has 1 aromatic rings. The second kappa shape index (κ2) is 5.09. The number of benzene rings is 1. The Hall–Kier alpha value is -1.02.